The Morgan fingerprint density at radius 1 is 1.13 bits per heavy atom. The molecule has 0 aromatic heterocycles. The number of nitrogens with zero attached hydrogens (tertiary/aromatic N) is 1. The molecule has 0 spiro atoms. The molecule has 1 aromatic carbocycles. The molecule has 0 aliphatic carbocycles. The molecule has 0 saturated carbocycles. The van der Waals surface area contributed by atoms with Crippen LogP contribution in [0.3, 0.4) is 0 Å². The van der Waals surface area contributed by atoms with E-state index in [0.717, 1.165) is 12.0 Å². The minimum absolute atomic E-state index is 0.523. The summed E-state index contributed by atoms with van der Waals surface area (Å²) in [6, 6.07) is 6.98. The quantitative estimate of drug-likeness (QED) is 0.532. The third-order valence-corrected chi connectivity index (χ3v) is 1.73. The van der Waals surface area contributed by atoms with Crippen LogP contribution in [0, 0.1) is 0 Å². The van der Waals surface area contributed by atoms with Crippen molar-refractivity contribution in [2.45, 2.75) is 13.8 Å². The molecule has 0 fully saturated rings. The molecule has 0 N–H and O–H groups in total. The number of aldehydes is 1. The molecule has 0 aliphatic heterocycles. The van der Waals surface area contributed by atoms with E-state index in [1.165, 1.54) is 5.23 Å². The Morgan fingerprint density at radius 3 is 2.07 bits per heavy atom. The molecule has 4 nitrogen and oxygen atoms in total. The second-order valence-corrected chi connectivity index (χ2v) is 2.80. The first-order valence-corrected chi connectivity index (χ1v) is 4.93. The Balaban J connectivity index is 2.76. The summed E-state index contributed by atoms with van der Waals surface area (Å²) in [7, 11) is 0. The van der Waals surface area contributed by atoms with E-state index in [2.05, 4.69) is 0 Å². The zero-order chi connectivity index (χ0) is 11.1. The summed E-state index contributed by atoms with van der Waals surface area (Å²) in [5.74, 6) is 0. The predicted molar refractivity (Wildman–Crippen MR) is 57.6 cm³/mol. The molecule has 0 aliphatic rings. The maximum absolute atomic E-state index is 10.5. The Kier molecular flexibility index (Phi) is 4.80. The Morgan fingerprint density at radius 2 is 1.67 bits per heavy atom. The standard InChI is InChI=1S/C11H15NO3/c1-3-14-12(15-4-2)11-7-5-10(9-13)6-8-11/h5-9H,3-4H2,1-2H3. The van der Waals surface area contributed by atoms with Crippen molar-refractivity contribution in [3.05, 3.63) is 29.8 Å². The molecule has 15 heavy (non-hydrogen) atoms. The van der Waals surface area contributed by atoms with Gasteiger partial charge in [-0.05, 0) is 38.1 Å². The number of hydrogen-bond donors (Lipinski definition) is 0. The van der Waals surface area contributed by atoms with E-state index >= 15 is 0 Å². The Bertz CT molecular complexity index is 291. The maximum Gasteiger partial charge on any atom is 0.150 e. The van der Waals surface area contributed by atoms with Crippen LogP contribution in [-0.2, 0) is 9.68 Å². The Hall–Kier alpha value is -1.39. The fourth-order valence-electron chi connectivity index (χ4n) is 1.10. The summed E-state index contributed by atoms with van der Waals surface area (Å²) < 4.78 is 0. The summed E-state index contributed by atoms with van der Waals surface area (Å²) in [5, 5.41) is 1.36. The topological polar surface area (TPSA) is 38.8 Å². The maximum atomic E-state index is 10.5. The van der Waals surface area contributed by atoms with Gasteiger partial charge in [-0.25, -0.2) is 9.68 Å². The van der Waals surface area contributed by atoms with E-state index in [1.807, 2.05) is 13.8 Å². The molecule has 1 aromatic rings. The van der Waals surface area contributed by atoms with Gasteiger partial charge in [-0.2, -0.15) is 0 Å². The molecule has 0 radical (unpaired) electrons. The highest BCUT2D eigenvalue weighted by atomic mass is 16.9. The van der Waals surface area contributed by atoms with E-state index in [-0.39, 0.29) is 0 Å². The second-order valence-electron chi connectivity index (χ2n) is 2.80. The van der Waals surface area contributed by atoms with E-state index in [1.54, 1.807) is 24.3 Å². The van der Waals surface area contributed by atoms with Crippen molar-refractivity contribution in [2.24, 2.45) is 0 Å². The van der Waals surface area contributed by atoms with Crippen LogP contribution in [0.2, 0.25) is 0 Å². The smallest absolute Gasteiger partial charge is 0.150 e. The van der Waals surface area contributed by atoms with Gasteiger partial charge in [-0.15, -0.1) is 5.23 Å². The lowest BCUT2D eigenvalue weighted by atomic mass is 10.2. The molecular formula is C11H15NO3. The van der Waals surface area contributed by atoms with E-state index < -0.39 is 0 Å². The van der Waals surface area contributed by atoms with Crippen LogP contribution >= 0.6 is 0 Å². The van der Waals surface area contributed by atoms with Crippen LogP contribution in [0.15, 0.2) is 24.3 Å². The zero-order valence-corrected chi connectivity index (χ0v) is 8.97. The third kappa shape index (κ3) is 3.34. The van der Waals surface area contributed by atoms with Gasteiger partial charge in [0.15, 0.2) is 0 Å². The molecule has 0 atom stereocenters. The molecule has 0 unspecified atom stereocenters. The van der Waals surface area contributed by atoms with Gasteiger partial charge in [0.25, 0.3) is 0 Å². The molecule has 0 bridgehead atoms. The third-order valence-electron chi connectivity index (χ3n) is 1.73. The van der Waals surface area contributed by atoms with Crippen molar-refractivity contribution in [1.29, 1.82) is 0 Å². The fraction of sp³-hybridized carbons (Fsp3) is 0.364. The van der Waals surface area contributed by atoms with Crippen LogP contribution in [-0.4, -0.2) is 19.5 Å². The van der Waals surface area contributed by atoms with Gasteiger partial charge in [0.2, 0.25) is 0 Å². The molecule has 1 rings (SSSR count). The zero-order valence-electron chi connectivity index (χ0n) is 8.97. The predicted octanol–water partition coefficient (Wildman–Crippen LogP) is 2.21. The lowest BCUT2D eigenvalue weighted by Gasteiger charge is -2.21. The number of anilines is 1. The van der Waals surface area contributed by atoms with Crippen LogP contribution in [0.1, 0.15) is 24.2 Å². The highest BCUT2D eigenvalue weighted by Gasteiger charge is 2.05. The van der Waals surface area contributed by atoms with Crippen molar-refractivity contribution < 1.29 is 14.5 Å². The van der Waals surface area contributed by atoms with E-state index in [0.29, 0.717) is 18.8 Å². The van der Waals surface area contributed by atoms with Crippen LogP contribution in [0.5, 0.6) is 0 Å². The SMILES string of the molecule is CCON(OCC)c1ccc(C=O)cc1. The van der Waals surface area contributed by atoms with E-state index in [9.17, 15) is 4.79 Å². The first-order chi connectivity index (χ1) is 7.31. The van der Waals surface area contributed by atoms with Crippen LogP contribution < -0.4 is 5.23 Å². The first-order valence-electron chi connectivity index (χ1n) is 4.93. The minimum Gasteiger partial charge on any atom is -0.298 e. The summed E-state index contributed by atoms with van der Waals surface area (Å²) in [4.78, 5) is 21.0. The number of benzene rings is 1. The number of hydrogen-bond acceptors (Lipinski definition) is 4. The average molecular weight is 209 g/mol. The van der Waals surface area contributed by atoms with Crippen molar-refractivity contribution in [3.8, 4) is 0 Å². The minimum atomic E-state index is 0.523. The van der Waals surface area contributed by atoms with Gasteiger partial charge in [0, 0.05) is 5.56 Å². The van der Waals surface area contributed by atoms with Crippen molar-refractivity contribution in [3.63, 3.8) is 0 Å². The second kappa shape index (κ2) is 6.16. The van der Waals surface area contributed by atoms with Gasteiger partial charge in [0.05, 0.1) is 18.9 Å². The van der Waals surface area contributed by atoms with Crippen molar-refractivity contribution >= 4 is 12.0 Å². The number of carbonyl (C=O) groups excluding carboxylic acids is 1. The molecule has 4 heteroatoms. The van der Waals surface area contributed by atoms with Gasteiger partial charge >= 0.3 is 0 Å². The summed E-state index contributed by atoms with van der Waals surface area (Å²) >= 11 is 0. The molecule has 0 heterocycles. The summed E-state index contributed by atoms with van der Waals surface area (Å²) in [6.07, 6.45) is 0.801. The van der Waals surface area contributed by atoms with Gasteiger partial charge < -0.3 is 0 Å². The summed E-state index contributed by atoms with van der Waals surface area (Å²) in [5.41, 5.74) is 1.40. The van der Waals surface area contributed by atoms with E-state index in [4.69, 9.17) is 9.68 Å². The monoisotopic (exact) mass is 209 g/mol. The van der Waals surface area contributed by atoms with Crippen molar-refractivity contribution in [1.82, 2.24) is 0 Å². The van der Waals surface area contributed by atoms with Crippen LogP contribution in [0.25, 0.3) is 0 Å². The fourth-order valence-corrected chi connectivity index (χ4v) is 1.10. The highest BCUT2D eigenvalue weighted by molar-refractivity contribution is 5.75. The summed E-state index contributed by atoms with van der Waals surface area (Å²) in [6.45, 7) is 4.81. The van der Waals surface area contributed by atoms with Gasteiger partial charge in [0.1, 0.15) is 6.29 Å². The largest absolute Gasteiger partial charge is 0.298 e. The number of rotatable bonds is 6. The van der Waals surface area contributed by atoms with Gasteiger partial charge in [-0.3, -0.25) is 4.79 Å². The number of carbonyl (C=O) groups is 1. The molecule has 0 amide bonds. The average Bonchev–Trinajstić information content (AvgIpc) is 2.29. The molecule has 82 valence electrons. The van der Waals surface area contributed by atoms with Crippen molar-refractivity contribution in [2.75, 3.05) is 18.4 Å². The molecule has 0 saturated heterocycles. The molecular weight excluding hydrogens is 194 g/mol. The lowest BCUT2D eigenvalue weighted by Crippen LogP contribution is -2.23. The normalized spacial score (nSPS) is 10.0. The Labute approximate surface area is 89.3 Å². The van der Waals surface area contributed by atoms with Crippen LogP contribution in [0.4, 0.5) is 5.69 Å². The first kappa shape index (κ1) is 11.7. The van der Waals surface area contributed by atoms with Gasteiger partial charge in [-0.1, -0.05) is 0 Å². The highest BCUT2D eigenvalue weighted by Crippen LogP contribution is 2.15. The lowest BCUT2D eigenvalue weighted by molar-refractivity contribution is -0.0817.